The second kappa shape index (κ2) is 8.50. The van der Waals surface area contributed by atoms with Gasteiger partial charge in [0.1, 0.15) is 11.9 Å². The number of aryl methyl sites for hydroxylation is 1. The first-order valence-electron chi connectivity index (χ1n) is 9.99. The largest absolute Gasteiger partial charge is 0.354 e. The van der Waals surface area contributed by atoms with Crippen molar-refractivity contribution in [2.24, 2.45) is 5.92 Å². The van der Waals surface area contributed by atoms with Gasteiger partial charge in [-0.3, -0.25) is 4.79 Å². The van der Waals surface area contributed by atoms with Gasteiger partial charge in [-0.15, -0.1) is 0 Å². The molecule has 1 aliphatic carbocycles. The van der Waals surface area contributed by atoms with E-state index in [2.05, 4.69) is 35.9 Å². The third-order valence-corrected chi connectivity index (χ3v) is 5.46. The summed E-state index contributed by atoms with van der Waals surface area (Å²) in [6.45, 7) is 5.06. The molecule has 1 saturated carbocycles. The number of carbonyl (C=O) groups is 1. The maximum absolute atomic E-state index is 13.2. The zero-order chi connectivity index (χ0) is 17.6. The van der Waals surface area contributed by atoms with Gasteiger partial charge in [-0.1, -0.05) is 51.7 Å². The molecule has 1 aromatic carbocycles. The van der Waals surface area contributed by atoms with Crippen LogP contribution in [-0.4, -0.2) is 22.0 Å². The molecule has 1 amide bonds. The van der Waals surface area contributed by atoms with E-state index in [9.17, 15) is 4.79 Å². The normalized spacial score (nSPS) is 16.9. The third kappa shape index (κ3) is 3.88. The Kier molecular flexibility index (Phi) is 6.11. The Morgan fingerprint density at radius 1 is 1.24 bits per heavy atom. The molecule has 2 aromatic rings. The standard InChI is InChI=1S/C21H31N3O/c1-3-5-15-22-21(25)20(16-11-7-6-8-12-16)24-18-14-10-9-13-17(18)23-19(24)4-2/h9-10,13-14,16,20H,3-8,11-12,15H2,1-2H3,(H,22,25). The number of imidazole rings is 1. The molecule has 1 unspecified atom stereocenters. The van der Waals surface area contributed by atoms with Crippen LogP contribution < -0.4 is 5.32 Å². The number of amides is 1. The van der Waals surface area contributed by atoms with Crippen LogP contribution in [0.5, 0.6) is 0 Å². The lowest BCUT2D eigenvalue weighted by molar-refractivity contribution is -0.126. The van der Waals surface area contributed by atoms with Crippen LogP contribution in [0.2, 0.25) is 0 Å². The van der Waals surface area contributed by atoms with E-state index in [-0.39, 0.29) is 11.9 Å². The Labute approximate surface area is 151 Å². The number of rotatable bonds is 7. The number of hydrogen-bond acceptors (Lipinski definition) is 2. The summed E-state index contributed by atoms with van der Waals surface area (Å²) in [5.74, 6) is 1.62. The monoisotopic (exact) mass is 341 g/mol. The summed E-state index contributed by atoms with van der Waals surface area (Å²) in [4.78, 5) is 18.0. The number of fused-ring (bicyclic) bond motifs is 1. The number of nitrogens with one attached hydrogen (secondary N) is 1. The van der Waals surface area contributed by atoms with Gasteiger partial charge in [-0.05, 0) is 37.3 Å². The minimum atomic E-state index is -0.125. The number of unbranched alkanes of at least 4 members (excludes halogenated alkanes) is 1. The minimum absolute atomic E-state index is 0.125. The maximum atomic E-state index is 13.2. The van der Waals surface area contributed by atoms with E-state index >= 15 is 0 Å². The van der Waals surface area contributed by atoms with Crippen molar-refractivity contribution >= 4 is 16.9 Å². The summed E-state index contributed by atoms with van der Waals surface area (Å²) < 4.78 is 2.24. The Morgan fingerprint density at radius 3 is 2.72 bits per heavy atom. The van der Waals surface area contributed by atoms with Crippen LogP contribution in [0.25, 0.3) is 11.0 Å². The van der Waals surface area contributed by atoms with Crippen molar-refractivity contribution in [1.29, 1.82) is 0 Å². The number of para-hydroxylation sites is 2. The molecule has 1 heterocycles. The van der Waals surface area contributed by atoms with E-state index in [1.807, 2.05) is 12.1 Å². The fraction of sp³-hybridized carbons (Fsp3) is 0.619. The fourth-order valence-corrected chi connectivity index (χ4v) is 4.14. The Balaban J connectivity index is 1.99. The van der Waals surface area contributed by atoms with Crippen molar-refractivity contribution in [3.05, 3.63) is 30.1 Å². The Bertz CT molecular complexity index is 700. The smallest absolute Gasteiger partial charge is 0.243 e. The zero-order valence-electron chi connectivity index (χ0n) is 15.6. The number of nitrogens with zero attached hydrogens (tertiary/aromatic N) is 2. The predicted molar refractivity (Wildman–Crippen MR) is 103 cm³/mol. The highest BCUT2D eigenvalue weighted by Crippen LogP contribution is 2.36. The van der Waals surface area contributed by atoms with Crippen LogP contribution in [-0.2, 0) is 11.2 Å². The average molecular weight is 341 g/mol. The van der Waals surface area contributed by atoms with E-state index < -0.39 is 0 Å². The molecule has 1 aliphatic rings. The molecule has 3 rings (SSSR count). The molecule has 1 fully saturated rings. The Hall–Kier alpha value is -1.84. The maximum Gasteiger partial charge on any atom is 0.243 e. The molecule has 0 bridgehead atoms. The summed E-state index contributed by atoms with van der Waals surface area (Å²) in [6, 6.07) is 8.11. The van der Waals surface area contributed by atoms with E-state index in [4.69, 9.17) is 4.98 Å². The van der Waals surface area contributed by atoms with E-state index in [0.29, 0.717) is 5.92 Å². The molecule has 0 radical (unpaired) electrons. The first-order chi connectivity index (χ1) is 12.3. The lowest BCUT2D eigenvalue weighted by Crippen LogP contribution is -2.38. The molecule has 136 valence electrons. The van der Waals surface area contributed by atoms with Crippen LogP contribution in [0.4, 0.5) is 0 Å². The first kappa shape index (κ1) is 18.0. The first-order valence-corrected chi connectivity index (χ1v) is 9.99. The van der Waals surface area contributed by atoms with Crippen molar-refractivity contribution in [2.75, 3.05) is 6.54 Å². The molecule has 4 heteroatoms. The van der Waals surface area contributed by atoms with Gasteiger partial charge < -0.3 is 9.88 Å². The number of benzene rings is 1. The lowest BCUT2D eigenvalue weighted by atomic mass is 9.83. The van der Waals surface area contributed by atoms with Gasteiger partial charge in [0.05, 0.1) is 11.0 Å². The number of carbonyl (C=O) groups excluding carboxylic acids is 1. The van der Waals surface area contributed by atoms with Crippen molar-refractivity contribution in [3.63, 3.8) is 0 Å². The molecule has 0 aliphatic heterocycles. The SMILES string of the molecule is CCCCNC(=O)C(C1CCCCC1)n1c(CC)nc2ccccc21. The molecule has 0 spiro atoms. The quantitative estimate of drug-likeness (QED) is 0.746. The third-order valence-electron chi connectivity index (χ3n) is 5.46. The van der Waals surface area contributed by atoms with Crippen molar-refractivity contribution in [3.8, 4) is 0 Å². The van der Waals surface area contributed by atoms with E-state index in [1.54, 1.807) is 0 Å². The molecule has 1 atom stereocenters. The second-order valence-corrected chi connectivity index (χ2v) is 7.23. The lowest BCUT2D eigenvalue weighted by Gasteiger charge is -2.31. The van der Waals surface area contributed by atoms with Crippen molar-refractivity contribution in [1.82, 2.24) is 14.9 Å². The second-order valence-electron chi connectivity index (χ2n) is 7.23. The minimum Gasteiger partial charge on any atom is -0.354 e. The average Bonchev–Trinajstić information content (AvgIpc) is 3.02. The Morgan fingerprint density at radius 2 is 2.00 bits per heavy atom. The van der Waals surface area contributed by atoms with Crippen molar-refractivity contribution < 1.29 is 4.79 Å². The van der Waals surface area contributed by atoms with Crippen LogP contribution >= 0.6 is 0 Å². The van der Waals surface area contributed by atoms with Crippen LogP contribution in [0.1, 0.15) is 70.7 Å². The summed E-state index contributed by atoms with van der Waals surface area (Å²) in [5, 5.41) is 3.20. The van der Waals surface area contributed by atoms with Gasteiger partial charge in [0.25, 0.3) is 0 Å². The molecule has 1 aromatic heterocycles. The highest BCUT2D eigenvalue weighted by Gasteiger charge is 2.33. The summed E-state index contributed by atoms with van der Waals surface area (Å²) in [5.41, 5.74) is 2.10. The van der Waals surface area contributed by atoms with E-state index in [1.165, 1.54) is 19.3 Å². The highest BCUT2D eigenvalue weighted by atomic mass is 16.2. The topological polar surface area (TPSA) is 46.9 Å². The number of aromatic nitrogens is 2. The molecule has 25 heavy (non-hydrogen) atoms. The van der Waals surface area contributed by atoms with Gasteiger partial charge in [0.2, 0.25) is 5.91 Å². The van der Waals surface area contributed by atoms with Gasteiger partial charge >= 0.3 is 0 Å². The zero-order valence-corrected chi connectivity index (χ0v) is 15.6. The molecule has 4 nitrogen and oxygen atoms in total. The summed E-state index contributed by atoms with van der Waals surface area (Å²) >= 11 is 0. The van der Waals surface area contributed by atoms with Crippen LogP contribution in [0, 0.1) is 5.92 Å². The predicted octanol–water partition coefficient (Wildman–Crippen LogP) is 4.64. The van der Waals surface area contributed by atoms with Crippen molar-refractivity contribution in [2.45, 2.75) is 71.3 Å². The highest BCUT2D eigenvalue weighted by molar-refractivity contribution is 5.84. The van der Waals surface area contributed by atoms with Crippen LogP contribution in [0.15, 0.2) is 24.3 Å². The van der Waals surface area contributed by atoms with Crippen LogP contribution in [0.3, 0.4) is 0 Å². The van der Waals surface area contributed by atoms with Gasteiger partial charge in [0.15, 0.2) is 0 Å². The summed E-state index contributed by atoms with van der Waals surface area (Å²) in [6.07, 6.45) is 9.03. The molecular formula is C21H31N3O. The molecule has 0 saturated heterocycles. The summed E-state index contributed by atoms with van der Waals surface area (Å²) in [7, 11) is 0. The molecule has 1 N–H and O–H groups in total. The fourth-order valence-electron chi connectivity index (χ4n) is 4.14. The van der Waals surface area contributed by atoms with Gasteiger partial charge in [0, 0.05) is 13.0 Å². The van der Waals surface area contributed by atoms with Gasteiger partial charge in [-0.25, -0.2) is 4.98 Å². The molecular weight excluding hydrogens is 310 g/mol. The van der Waals surface area contributed by atoms with E-state index in [0.717, 1.165) is 55.5 Å². The van der Waals surface area contributed by atoms with Gasteiger partial charge in [-0.2, -0.15) is 0 Å². The number of hydrogen-bond donors (Lipinski definition) is 1.